The van der Waals surface area contributed by atoms with E-state index in [1.165, 1.54) is 24.3 Å². The summed E-state index contributed by atoms with van der Waals surface area (Å²) in [5, 5.41) is 13.4. The van der Waals surface area contributed by atoms with Crippen LogP contribution >= 0.6 is 0 Å². The number of amides is 2. The molecular weight excluding hydrogens is 310 g/mol. The molecule has 2 aromatic carbocycles. The zero-order chi connectivity index (χ0) is 17.3. The topological polar surface area (TPSA) is 92.6 Å². The smallest absolute Gasteiger partial charge is 0.269 e. The molecule has 0 radical (unpaired) electrons. The number of fused-ring (bicyclic) bond motifs is 1. The minimum Gasteiger partial charge on any atom is -0.322 e. The third-order valence-electron chi connectivity index (χ3n) is 3.93. The molecule has 0 bridgehead atoms. The Morgan fingerprint density at radius 1 is 1.25 bits per heavy atom. The number of hydrogen-bond donors (Lipinski definition) is 1. The molecule has 122 valence electrons. The van der Waals surface area contributed by atoms with E-state index in [1.54, 1.807) is 17.0 Å². The molecular formula is C17H15N3O4. The van der Waals surface area contributed by atoms with Crippen LogP contribution in [0.4, 0.5) is 17.1 Å². The Bertz CT molecular complexity index is 830. The summed E-state index contributed by atoms with van der Waals surface area (Å²) in [6.07, 6.45) is 0.324. The van der Waals surface area contributed by atoms with Gasteiger partial charge in [-0.05, 0) is 42.8 Å². The molecule has 0 atom stereocenters. The van der Waals surface area contributed by atoms with Crippen molar-refractivity contribution >= 4 is 28.9 Å². The summed E-state index contributed by atoms with van der Waals surface area (Å²) in [4.78, 5) is 35.9. The fraction of sp³-hybridized carbons (Fsp3) is 0.176. The second-order valence-corrected chi connectivity index (χ2v) is 5.42. The number of carbonyl (C=O) groups is 2. The third-order valence-corrected chi connectivity index (χ3v) is 3.93. The highest BCUT2D eigenvalue weighted by molar-refractivity contribution is 6.06. The maximum absolute atomic E-state index is 12.2. The molecule has 0 fully saturated rings. The number of nitro benzene ring substituents is 1. The Balaban J connectivity index is 1.77. The van der Waals surface area contributed by atoms with Crippen LogP contribution in [0, 0.1) is 10.1 Å². The van der Waals surface area contributed by atoms with E-state index < -0.39 is 4.92 Å². The lowest BCUT2D eigenvalue weighted by Gasteiger charge is -2.15. The maximum atomic E-state index is 12.2. The molecule has 1 N–H and O–H groups in total. The average molecular weight is 325 g/mol. The summed E-state index contributed by atoms with van der Waals surface area (Å²) in [6.45, 7) is 2.53. The molecule has 1 aliphatic rings. The van der Waals surface area contributed by atoms with E-state index in [0.717, 1.165) is 11.3 Å². The fourth-order valence-corrected chi connectivity index (χ4v) is 2.75. The van der Waals surface area contributed by atoms with Crippen LogP contribution < -0.4 is 10.2 Å². The van der Waals surface area contributed by atoms with Crippen LogP contribution in [-0.2, 0) is 11.2 Å². The van der Waals surface area contributed by atoms with Gasteiger partial charge < -0.3 is 10.2 Å². The Morgan fingerprint density at radius 3 is 2.58 bits per heavy atom. The predicted octanol–water partition coefficient (Wildman–Crippen LogP) is 2.76. The van der Waals surface area contributed by atoms with Crippen LogP contribution in [0.5, 0.6) is 0 Å². The lowest BCUT2D eigenvalue weighted by Crippen LogP contribution is -2.25. The van der Waals surface area contributed by atoms with Crippen molar-refractivity contribution in [1.29, 1.82) is 0 Å². The summed E-state index contributed by atoms with van der Waals surface area (Å²) < 4.78 is 0. The van der Waals surface area contributed by atoms with Crippen molar-refractivity contribution in [1.82, 2.24) is 0 Å². The van der Waals surface area contributed by atoms with Gasteiger partial charge in [-0.2, -0.15) is 0 Å². The molecule has 0 spiro atoms. The van der Waals surface area contributed by atoms with Gasteiger partial charge in [0, 0.05) is 35.6 Å². The van der Waals surface area contributed by atoms with Crippen LogP contribution in [0.15, 0.2) is 42.5 Å². The lowest BCUT2D eigenvalue weighted by molar-refractivity contribution is -0.384. The van der Waals surface area contributed by atoms with E-state index in [4.69, 9.17) is 0 Å². The highest BCUT2D eigenvalue weighted by atomic mass is 16.6. The number of rotatable bonds is 4. The van der Waals surface area contributed by atoms with Crippen molar-refractivity contribution in [3.05, 3.63) is 63.7 Å². The zero-order valence-electron chi connectivity index (χ0n) is 13.0. The first-order chi connectivity index (χ1) is 11.5. The highest BCUT2D eigenvalue weighted by Crippen LogP contribution is 2.31. The molecule has 0 saturated heterocycles. The van der Waals surface area contributed by atoms with Gasteiger partial charge in [-0.15, -0.1) is 0 Å². The number of likely N-dealkylation sites (N-methyl/N-ethyl adjacent to an activating group) is 1. The third kappa shape index (κ3) is 2.83. The molecule has 0 saturated carbocycles. The van der Waals surface area contributed by atoms with E-state index in [9.17, 15) is 19.7 Å². The number of anilines is 2. The number of hydrogen-bond acceptors (Lipinski definition) is 4. The van der Waals surface area contributed by atoms with E-state index in [1.807, 2.05) is 13.0 Å². The minimum absolute atomic E-state index is 0.0475. The Kier molecular flexibility index (Phi) is 3.99. The number of non-ortho nitro benzene ring substituents is 1. The van der Waals surface area contributed by atoms with Crippen LogP contribution in [0.3, 0.4) is 0 Å². The predicted molar refractivity (Wildman–Crippen MR) is 89.2 cm³/mol. The summed E-state index contributed by atoms with van der Waals surface area (Å²) in [5.74, 6) is -0.312. The van der Waals surface area contributed by atoms with E-state index in [0.29, 0.717) is 24.2 Å². The standard InChI is InChI=1S/C17H15N3O4/c1-2-19-15-8-5-13(9-12(15)10-16(19)21)18-17(22)11-3-6-14(7-4-11)20(23)24/h3-9H,2,10H2,1H3,(H,18,22). The molecule has 7 nitrogen and oxygen atoms in total. The van der Waals surface area contributed by atoms with Crippen LogP contribution in [0.25, 0.3) is 0 Å². The first-order valence-electron chi connectivity index (χ1n) is 7.48. The first kappa shape index (κ1) is 15.7. The van der Waals surface area contributed by atoms with Gasteiger partial charge in [-0.1, -0.05) is 0 Å². The molecule has 1 aliphatic heterocycles. The largest absolute Gasteiger partial charge is 0.322 e. The number of nitrogens with zero attached hydrogens (tertiary/aromatic N) is 2. The maximum Gasteiger partial charge on any atom is 0.269 e. The van der Waals surface area contributed by atoms with Crippen molar-refractivity contribution in [2.75, 3.05) is 16.8 Å². The Morgan fingerprint density at radius 2 is 1.96 bits per heavy atom. The molecule has 0 aromatic heterocycles. The van der Waals surface area contributed by atoms with Gasteiger partial charge in [0.25, 0.3) is 11.6 Å². The van der Waals surface area contributed by atoms with Crippen LogP contribution in [-0.4, -0.2) is 23.3 Å². The van der Waals surface area contributed by atoms with Crippen molar-refractivity contribution in [3.63, 3.8) is 0 Å². The zero-order valence-corrected chi connectivity index (χ0v) is 13.0. The highest BCUT2D eigenvalue weighted by Gasteiger charge is 2.26. The lowest BCUT2D eigenvalue weighted by atomic mass is 10.1. The van der Waals surface area contributed by atoms with Gasteiger partial charge in [0.1, 0.15) is 0 Å². The van der Waals surface area contributed by atoms with Crippen LogP contribution in [0.1, 0.15) is 22.8 Å². The van der Waals surface area contributed by atoms with Crippen molar-refractivity contribution in [2.45, 2.75) is 13.3 Å². The fourth-order valence-electron chi connectivity index (χ4n) is 2.75. The van der Waals surface area contributed by atoms with Crippen molar-refractivity contribution in [3.8, 4) is 0 Å². The van der Waals surface area contributed by atoms with Gasteiger partial charge in [0.2, 0.25) is 5.91 Å². The molecule has 0 aliphatic carbocycles. The molecule has 24 heavy (non-hydrogen) atoms. The van der Waals surface area contributed by atoms with Gasteiger partial charge >= 0.3 is 0 Å². The van der Waals surface area contributed by atoms with Gasteiger partial charge in [0.05, 0.1) is 11.3 Å². The molecule has 7 heteroatoms. The molecule has 3 rings (SSSR count). The van der Waals surface area contributed by atoms with Gasteiger partial charge in [0.15, 0.2) is 0 Å². The van der Waals surface area contributed by atoms with Gasteiger partial charge in [-0.25, -0.2) is 0 Å². The number of benzene rings is 2. The second-order valence-electron chi connectivity index (χ2n) is 5.42. The summed E-state index contributed by atoms with van der Waals surface area (Å²) >= 11 is 0. The van der Waals surface area contributed by atoms with E-state index in [-0.39, 0.29) is 17.5 Å². The monoisotopic (exact) mass is 325 g/mol. The summed E-state index contributed by atoms with van der Waals surface area (Å²) in [7, 11) is 0. The first-order valence-corrected chi connectivity index (χ1v) is 7.48. The Hall–Kier alpha value is -3.22. The number of nitro groups is 1. The van der Waals surface area contributed by atoms with Gasteiger partial charge in [-0.3, -0.25) is 19.7 Å². The van der Waals surface area contributed by atoms with Crippen molar-refractivity contribution in [2.24, 2.45) is 0 Å². The van der Waals surface area contributed by atoms with Crippen LogP contribution in [0.2, 0.25) is 0 Å². The van der Waals surface area contributed by atoms with Crippen molar-refractivity contribution < 1.29 is 14.5 Å². The molecule has 1 heterocycles. The quantitative estimate of drug-likeness (QED) is 0.691. The normalized spacial score (nSPS) is 12.9. The molecule has 2 aromatic rings. The van der Waals surface area contributed by atoms with E-state index >= 15 is 0 Å². The Labute approximate surface area is 138 Å². The summed E-state index contributed by atoms with van der Waals surface area (Å²) in [6, 6.07) is 10.7. The average Bonchev–Trinajstić information content (AvgIpc) is 2.89. The molecule has 2 amide bonds. The number of nitrogens with one attached hydrogen (secondary N) is 1. The second kappa shape index (κ2) is 6.11. The van der Waals surface area contributed by atoms with E-state index in [2.05, 4.69) is 5.32 Å². The SMILES string of the molecule is CCN1C(=O)Cc2cc(NC(=O)c3ccc([N+](=O)[O-])cc3)ccc21. The molecule has 0 unspecified atom stereocenters. The number of carbonyl (C=O) groups excluding carboxylic acids is 2. The summed E-state index contributed by atoms with van der Waals surface area (Å²) in [5.41, 5.74) is 2.59. The minimum atomic E-state index is -0.515.